The minimum atomic E-state index is 0.607. The standard InChI is InChI=1S/C15H21N3O/c1-2-16-8-13-9-18(11-19-10-12-5-6-12)15-14(13)4-3-7-17-15/h3-4,7,9,12,16H,2,5-6,8,10-11H2,1H3. The quantitative estimate of drug-likeness (QED) is 0.830. The molecule has 1 N–H and O–H groups in total. The molecule has 0 amide bonds. The number of nitrogens with one attached hydrogen (secondary N) is 1. The van der Waals surface area contributed by atoms with Gasteiger partial charge in [-0.15, -0.1) is 0 Å². The van der Waals surface area contributed by atoms with Gasteiger partial charge in [-0.1, -0.05) is 6.92 Å². The molecule has 1 aliphatic carbocycles. The summed E-state index contributed by atoms with van der Waals surface area (Å²) < 4.78 is 7.89. The van der Waals surface area contributed by atoms with Gasteiger partial charge in [-0.25, -0.2) is 4.98 Å². The summed E-state index contributed by atoms with van der Waals surface area (Å²) in [5.41, 5.74) is 2.31. The van der Waals surface area contributed by atoms with Crippen LogP contribution in [0, 0.1) is 5.92 Å². The Morgan fingerprint density at radius 3 is 3.16 bits per heavy atom. The molecule has 0 aromatic carbocycles. The van der Waals surface area contributed by atoms with E-state index in [0.29, 0.717) is 6.73 Å². The molecule has 0 spiro atoms. The average molecular weight is 259 g/mol. The number of nitrogens with zero attached hydrogens (tertiary/aromatic N) is 2. The van der Waals surface area contributed by atoms with Crippen LogP contribution in [0.2, 0.25) is 0 Å². The van der Waals surface area contributed by atoms with Gasteiger partial charge in [-0.2, -0.15) is 0 Å². The number of fused-ring (bicyclic) bond motifs is 1. The van der Waals surface area contributed by atoms with Gasteiger partial charge in [-0.3, -0.25) is 0 Å². The molecular formula is C15H21N3O. The smallest absolute Gasteiger partial charge is 0.142 e. The lowest BCUT2D eigenvalue weighted by Gasteiger charge is -2.05. The SMILES string of the molecule is CCNCc1cn(COCC2CC2)c2ncccc12. The van der Waals surface area contributed by atoms with Crippen molar-refractivity contribution in [2.75, 3.05) is 13.2 Å². The van der Waals surface area contributed by atoms with Crippen molar-refractivity contribution >= 4 is 11.0 Å². The van der Waals surface area contributed by atoms with Gasteiger partial charge < -0.3 is 14.6 Å². The molecule has 102 valence electrons. The van der Waals surface area contributed by atoms with Crippen LogP contribution in [0.5, 0.6) is 0 Å². The zero-order valence-electron chi connectivity index (χ0n) is 11.4. The summed E-state index contributed by atoms with van der Waals surface area (Å²) in [7, 11) is 0. The second-order valence-electron chi connectivity index (χ2n) is 5.22. The molecule has 0 saturated heterocycles. The van der Waals surface area contributed by atoms with Crippen LogP contribution in [-0.4, -0.2) is 22.7 Å². The Balaban J connectivity index is 1.77. The predicted molar refractivity (Wildman–Crippen MR) is 75.8 cm³/mol. The maximum absolute atomic E-state index is 5.77. The summed E-state index contributed by atoms with van der Waals surface area (Å²) >= 11 is 0. The molecule has 0 bridgehead atoms. The highest BCUT2D eigenvalue weighted by molar-refractivity contribution is 5.80. The summed E-state index contributed by atoms with van der Waals surface area (Å²) in [4.78, 5) is 4.48. The van der Waals surface area contributed by atoms with Crippen molar-refractivity contribution in [3.05, 3.63) is 30.1 Å². The van der Waals surface area contributed by atoms with Crippen molar-refractivity contribution in [2.24, 2.45) is 5.92 Å². The third kappa shape index (κ3) is 2.96. The fourth-order valence-corrected chi connectivity index (χ4v) is 2.30. The molecule has 2 aromatic rings. The Morgan fingerprint density at radius 1 is 1.47 bits per heavy atom. The Morgan fingerprint density at radius 2 is 2.37 bits per heavy atom. The van der Waals surface area contributed by atoms with Crippen molar-refractivity contribution < 1.29 is 4.74 Å². The van der Waals surface area contributed by atoms with Crippen LogP contribution in [0.25, 0.3) is 11.0 Å². The third-order valence-electron chi connectivity index (χ3n) is 3.56. The highest BCUT2D eigenvalue weighted by atomic mass is 16.5. The van der Waals surface area contributed by atoms with Crippen LogP contribution in [0.3, 0.4) is 0 Å². The monoisotopic (exact) mass is 259 g/mol. The van der Waals surface area contributed by atoms with Crippen LogP contribution in [0.1, 0.15) is 25.3 Å². The zero-order valence-corrected chi connectivity index (χ0v) is 11.4. The van der Waals surface area contributed by atoms with E-state index in [9.17, 15) is 0 Å². The molecule has 0 radical (unpaired) electrons. The van der Waals surface area contributed by atoms with Gasteiger partial charge in [-0.05, 0) is 43.0 Å². The van der Waals surface area contributed by atoms with Crippen LogP contribution in [0.4, 0.5) is 0 Å². The lowest BCUT2D eigenvalue weighted by atomic mass is 10.2. The maximum atomic E-state index is 5.77. The molecule has 0 unspecified atom stereocenters. The summed E-state index contributed by atoms with van der Waals surface area (Å²) in [5.74, 6) is 0.802. The van der Waals surface area contributed by atoms with Crippen molar-refractivity contribution in [1.82, 2.24) is 14.9 Å². The zero-order chi connectivity index (χ0) is 13.1. The van der Waals surface area contributed by atoms with Gasteiger partial charge >= 0.3 is 0 Å². The van der Waals surface area contributed by atoms with Crippen molar-refractivity contribution in [3.8, 4) is 0 Å². The Bertz CT molecular complexity index is 545. The van der Waals surface area contributed by atoms with Crippen molar-refractivity contribution in [1.29, 1.82) is 0 Å². The van der Waals surface area contributed by atoms with Gasteiger partial charge in [0.2, 0.25) is 0 Å². The molecule has 1 fully saturated rings. The van der Waals surface area contributed by atoms with Gasteiger partial charge in [0.05, 0.1) is 6.61 Å². The molecule has 4 nitrogen and oxygen atoms in total. The third-order valence-corrected chi connectivity index (χ3v) is 3.56. The molecule has 1 saturated carbocycles. The molecule has 1 aliphatic rings. The van der Waals surface area contributed by atoms with Gasteiger partial charge in [0.15, 0.2) is 0 Å². The van der Waals surface area contributed by atoms with Gasteiger partial charge in [0, 0.05) is 24.3 Å². The van der Waals surface area contributed by atoms with Gasteiger partial charge in [0.25, 0.3) is 0 Å². The molecule has 3 rings (SSSR count). The molecule has 2 heterocycles. The van der Waals surface area contributed by atoms with Crippen molar-refractivity contribution in [3.63, 3.8) is 0 Å². The second kappa shape index (κ2) is 5.72. The predicted octanol–water partition coefficient (Wildman–Crippen LogP) is 2.53. The first-order chi connectivity index (χ1) is 9.38. The highest BCUT2D eigenvalue weighted by Gasteiger charge is 2.21. The summed E-state index contributed by atoms with van der Waals surface area (Å²) in [6, 6.07) is 4.12. The molecule has 19 heavy (non-hydrogen) atoms. The number of hydrogen-bond acceptors (Lipinski definition) is 3. The fraction of sp³-hybridized carbons (Fsp3) is 0.533. The van der Waals surface area contributed by atoms with E-state index in [1.807, 2.05) is 12.3 Å². The number of pyridine rings is 1. The van der Waals surface area contributed by atoms with Gasteiger partial charge in [0.1, 0.15) is 12.4 Å². The second-order valence-corrected chi connectivity index (χ2v) is 5.22. The minimum Gasteiger partial charge on any atom is -0.360 e. The molecule has 0 atom stereocenters. The van der Waals surface area contributed by atoms with E-state index in [-0.39, 0.29) is 0 Å². The molecule has 2 aromatic heterocycles. The summed E-state index contributed by atoms with van der Waals surface area (Å²) in [6.07, 6.45) is 6.66. The first-order valence-corrected chi connectivity index (χ1v) is 7.09. The van der Waals surface area contributed by atoms with E-state index >= 15 is 0 Å². The van der Waals surface area contributed by atoms with Crippen molar-refractivity contribution in [2.45, 2.75) is 33.0 Å². The number of aromatic nitrogens is 2. The van der Waals surface area contributed by atoms with Crippen LogP contribution in [-0.2, 0) is 18.0 Å². The lowest BCUT2D eigenvalue weighted by molar-refractivity contribution is 0.0713. The van der Waals surface area contributed by atoms with E-state index in [1.54, 1.807) is 0 Å². The Hall–Kier alpha value is -1.39. The maximum Gasteiger partial charge on any atom is 0.142 e. The fourth-order valence-electron chi connectivity index (χ4n) is 2.30. The first-order valence-electron chi connectivity index (χ1n) is 7.09. The molecule has 4 heteroatoms. The molecule has 0 aliphatic heterocycles. The van der Waals surface area contributed by atoms with E-state index in [1.165, 1.54) is 23.8 Å². The summed E-state index contributed by atoms with van der Waals surface area (Å²) in [6.45, 7) is 5.47. The largest absolute Gasteiger partial charge is 0.360 e. The normalized spacial score (nSPS) is 15.2. The minimum absolute atomic E-state index is 0.607. The topological polar surface area (TPSA) is 39.1 Å². The Kier molecular flexibility index (Phi) is 3.80. The van der Waals surface area contributed by atoms with Crippen LogP contribution >= 0.6 is 0 Å². The average Bonchev–Trinajstić information content (AvgIpc) is 3.19. The first kappa shape index (κ1) is 12.6. The van der Waals surface area contributed by atoms with E-state index < -0.39 is 0 Å². The van der Waals surface area contributed by atoms with E-state index in [4.69, 9.17) is 4.74 Å². The van der Waals surface area contributed by atoms with E-state index in [2.05, 4.69) is 34.1 Å². The number of rotatable bonds is 7. The highest BCUT2D eigenvalue weighted by Crippen LogP contribution is 2.29. The van der Waals surface area contributed by atoms with Crippen LogP contribution in [0.15, 0.2) is 24.5 Å². The van der Waals surface area contributed by atoms with E-state index in [0.717, 1.165) is 31.3 Å². The van der Waals surface area contributed by atoms with Crippen LogP contribution < -0.4 is 5.32 Å². The summed E-state index contributed by atoms with van der Waals surface area (Å²) in [5, 5.41) is 4.59. The lowest BCUT2D eigenvalue weighted by Crippen LogP contribution is -2.11. The Labute approximate surface area is 113 Å². The number of hydrogen-bond donors (Lipinski definition) is 1. The molecular weight excluding hydrogens is 238 g/mol. The number of ether oxygens (including phenoxy) is 1.